The predicted molar refractivity (Wildman–Crippen MR) is 78.2 cm³/mol. The molecule has 0 aromatic rings. The maximum absolute atomic E-state index is 12.1. The van der Waals surface area contributed by atoms with Crippen LogP contribution in [0.1, 0.15) is 39.5 Å². The van der Waals surface area contributed by atoms with Gasteiger partial charge >= 0.3 is 0 Å². The van der Waals surface area contributed by atoms with Crippen molar-refractivity contribution in [3.8, 4) is 0 Å². The first kappa shape index (κ1) is 15.4. The highest BCUT2D eigenvalue weighted by Crippen LogP contribution is 2.17. The second-order valence-corrected chi connectivity index (χ2v) is 6.52. The molecule has 1 N–H and O–H groups in total. The van der Waals surface area contributed by atoms with Crippen molar-refractivity contribution >= 4 is 11.8 Å². The predicted octanol–water partition coefficient (Wildman–Crippen LogP) is 0.844. The summed E-state index contributed by atoms with van der Waals surface area (Å²) in [6.45, 7) is 7.86. The van der Waals surface area contributed by atoms with Gasteiger partial charge in [-0.25, -0.2) is 0 Å². The Kier molecular flexibility index (Phi) is 5.16. The number of rotatable bonds is 4. The van der Waals surface area contributed by atoms with E-state index in [9.17, 15) is 9.59 Å². The Morgan fingerprint density at radius 3 is 2.45 bits per heavy atom. The smallest absolute Gasteiger partial charge is 0.246 e. The van der Waals surface area contributed by atoms with Gasteiger partial charge in [0, 0.05) is 26.1 Å². The first-order chi connectivity index (χ1) is 9.47. The molecule has 0 bridgehead atoms. The van der Waals surface area contributed by atoms with E-state index in [4.69, 9.17) is 0 Å². The number of nitrogens with one attached hydrogen (secondary N) is 1. The third-order valence-electron chi connectivity index (χ3n) is 4.30. The first-order valence-electron chi connectivity index (χ1n) is 7.76. The maximum Gasteiger partial charge on any atom is 0.246 e. The van der Waals surface area contributed by atoms with Crippen molar-refractivity contribution in [2.24, 2.45) is 5.92 Å². The molecule has 0 radical (unpaired) electrons. The second kappa shape index (κ2) is 6.68. The summed E-state index contributed by atoms with van der Waals surface area (Å²) < 4.78 is 0. The minimum absolute atomic E-state index is 0.0557. The van der Waals surface area contributed by atoms with Crippen LogP contribution in [-0.2, 0) is 9.59 Å². The lowest BCUT2D eigenvalue weighted by Gasteiger charge is -2.36. The summed E-state index contributed by atoms with van der Waals surface area (Å²) in [7, 11) is 1.59. The molecule has 5 heteroatoms. The van der Waals surface area contributed by atoms with Gasteiger partial charge in [0.25, 0.3) is 0 Å². The zero-order valence-corrected chi connectivity index (χ0v) is 12.9. The van der Waals surface area contributed by atoms with Crippen LogP contribution in [0, 0.1) is 5.92 Å². The van der Waals surface area contributed by atoms with Crippen LogP contribution >= 0.6 is 0 Å². The number of hydrogen-bond donors (Lipinski definition) is 1. The van der Waals surface area contributed by atoms with E-state index in [1.807, 2.05) is 0 Å². The molecule has 1 atom stereocenters. The third-order valence-corrected chi connectivity index (χ3v) is 4.30. The van der Waals surface area contributed by atoms with Gasteiger partial charge in [0.2, 0.25) is 11.8 Å². The lowest BCUT2D eigenvalue weighted by Crippen LogP contribution is -2.55. The molecule has 0 aliphatic carbocycles. The number of nitrogens with zero attached hydrogens (tertiary/aromatic N) is 2. The van der Waals surface area contributed by atoms with Crippen LogP contribution in [-0.4, -0.2) is 60.4 Å². The van der Waals surface area contributed by atoms with Gasteiger partial charge in [0.05, 0.1) is 6.04 Å². The average Bonchev–Trinajstić information content (AvgIpc) is 2.41. The van der Waals surface area contributed by atoms with Gasteiger partial charge in [-0.1, -0.05) is 13.8 Å². The Labute approximate surface area is 121 Å². The molecule has 0 spiro atoms. The van der Waals surface area contributed by atoms with Crippen molar-refractivity contribution in [2.75, 3.05) is 26.7 Å². The van der Waals surface area contributed by atoms with Crippen molar-refractivity contribution in [3.05, 3.63) is 0 Å². The molecule has 2 aliphatic rings. The van der Waals surface area contributed by atoms with E-state index in [1.54, 1.807) is 7.05 Å². The van der Waals surface area contributed by atoms with Crippen molar-refractivity contribution in [2.45, 2.75) is 51.6 Å². The number of piperidine rings is 2. The number of carbonyl (C=O) groups is 2. The zero-order chi connectivity index (χ0) is 14.7. The summed E-state index contributed by atoms with van der Waals surface area (Å²) in [5, 5.41) is 3.46. The minimum Gasteiger partial charge on any atom is -0.303 e. The summed E-state index contributed by atoms with van der Waals surface area (Å²) in [5.41, 5.74) is 0. The van der Waals surface area contributed by atoms with Crippen LogP contribution in [0.5, 0.6) is 0 Å². The van der Waals surface area contributed by atoms with Crippen molar-refractivity contribution < 1.29 is 9.59 Å². The Hall–Kier alpha value is -0.940. The van der Waals surface area contributed by atoms with Crippen LogP contribution in [0.2, 0.25) is 0 Å². The van der Waals surface area contributed by atoms with E-state index in [-0.39, 0.29) is 17.9 Å². The fourth-order valence-electron chi connectivity index (χ4n) is 3.15. The molecule has 5 nitrogen and oxygen atoms in total. The standard InChI is InChI=1S/C15H27N3O2/c1-11(2)10-18-8-6-12(7-9-18)16-13-4-5-14(19)17(3)15(13)20/h11-13,16H,4-10H2,1-3H3. The van der Waals surface area contributed by atoms with E-state index in [0.29, 0.717) is 24.8 Å². The molecule has 0 aromatic heterocycles. The number of imide groups is 1. The van der Waals surface area contributed by atoms with Crippen molar-refractivity contribution in [3.63, 3.8) is 0 Å². The Bertz CT molecular complexity index is 362. The molecule has 114 valence electrons. The lowest BCUT2D eigenvalue weighted by atomic mass is 9.99. The van der Waals surface area contributed by atoms with Gasteiger partial charge in [-0.3, -0.25) is 14.5 Å². The van der Waals surface area contributed by atoms with Crippen LogP contribution in [0.4, 0.5) is 0 Å². The van der Waals surface area contributed by atoms with E-state index in [0.717, 1.165) is 32.5 Å². The average molecular weight is 281 g/mol. The molecule has 0 saturated carbocycles. The van der Waals surface area contributed by atoms with Gasteiger partial charge in [-0.05, 0) is 38.3 Å². The SMILES string of the molecule is CC(C)CN1CCC(NC2CCC(=O)N(C)C2=O)CC1. The molecule has 20 heavy (non-hydrogen) atoms. The summed E-state index contributed by atoms with van der Waals surface area (Å²) in [4.78, 5) is 27.3. The van der Waals surface area contributed by atoms with E-state index in [2.05, 4.69) is 24.1 Å². The molecular weight excluding hydrogens is 254 g/mol. The Balaban J connectivity index is 1.78. The first-order valence-corrected chi connectivity index (χ1v) is 7.76. The molecule has 2 saturated heterocycles. The molecule has 2 amide bonds. The largest absolute Gasteiger partial charge is 0.303 e. The van der Waals surface area contributed by atoms with Crippen LogP contribution < -0.4 is 5.32 Å². The number of amides is 2. The monoisotopic (exact) mass is 281 g/mol. The molecule has 1 unspecified atom stereocenters. The van der Waals surface area contributed by atoms with E-state index in [1.165, 1.54) is 4.90 Å². The quantitative estimate of drug-likeness (QED) is 0.776. The summed E-state index contributed by atoms with van der Waals surface area (Å²) in [6.07, 6.45) is 3.31. The van der Waals surface area contributed by atoms with Crippen LogP contribution in [0.25, 0.3) is 0 Å². The van der Waals surface area contributed by atoms with Crippen molar-refractivity contribution in [1.82, 2.24) is 15.1 Å². The van der Waals surface area contributed by atoms with E-state index >= 15 is 0 Å². The van der Waals surface area contributed by atoms with Gasteiger partial charge in [0.15, 0.2) is 0 Å². The summed E-state index contributed by atoms with van der Waals surface area (Å²) >= 11 is 0. The highest BCUT2D eigenvalue weighted by atomic mass is 16.2. The van der Waals surface area contributed by atoms with Gasteiger partial charge < -0.3 is 10.2 Å². The summed E-state index contributed by atoms with van der Waals surface area (Å²) in [6, 6.07) is 0.244. The number of likely N-dealkylation sites (tertiary alicyclic amines) is 2. The fourth-order valence-corrected chi connectivity index (χ4v) is 3.15. The van der Waals surface area contributed by atoms with E-state index < -0.39 is 0 Å². The molecular formula is C15H27N3O2. The number of likely N-dealkylation sites (N-methyl/N-ethyl adjacent to an activating group) is 1. The van der Waals surface area contributed by atoms with Gasteiger partial charge in [-0.15, -0.1) is 0 Å². The minimum atomic E-state index is -0.167. The normalized spacial score (nSPS) is 26.6. The van der Waals surface area contributed by atoms with Crippen LogP contribution in [0.15, 0.2) is 0 Å². The zero-order valence-electron chi connectivity index (χ0n) is 12.9. The third kappa shape index (κ3) is 3.79. The highest BCUT2D eigenvalue weighted by molar-refractivity contribution is 6.00. The molecule has 2 rings (SSSR count). The lowest BCUT2D eigenvalue weighted by molar-refractivity contribution is -0.148. The molecule has 2 aliphatic heterocycles. The Morgan fingerprint density at radius 1 is 1.20 bits per heavy atom. The van der Waals surface area contributed by atoms with Gasteiger partial charge in [0.1, 0.15) is 0 Å². The molecule has 2 heterocycles. The second-order valence-electron chi connectivity index (χ2n) is 6.52. The van der Waals surface area contributed by atoms with Gasteiger partial charge in [-0.2, -0.15) is 0 Å². The highest BCUT2D eigenvalue weighted by Gasteiger charge is 2.33. The molecule has 0 aromatic carbocycles. The van der Waals surface area contributed by atoms with Crippen molar-refractivity contribution in [1.29, 1.82) is 0 Å². The van der Waals surface area contributed by atoms with Crippen LogP contribution in [0.3, 0.4) is 0 Å². The maximum atomic E-state index is 12.1. The fraction of sp³-hybridized carbons (Fsp3) is 0.867. The topological polar surface area (TPSA) is 52.7 Å². The Morgan fingerprint density at radius 2 is 1.85 bits per heavy atom. The number of carbonyl (C=O) groups excluding carboxylic acids is 2. The number of hydrogen-bond acceptors (Lipinski definition) is 4. The summed E-state index contributed by atoms with van der Waals surface area (Å²) in [5.74, 6) is 0.588. The molecule has 2 fully saturated rings.